The van der Waals surface area contributed by atoms with E-state index in [-0.39, 0.29) is 0 Å². The highest BCUT2D eigenvalue weighted by Gasteiger charge is 2.22. The molecule has 1 saturated heterocycles. The van der Waals surface area contributed by atoms with Gasteiger partial charge in [0.05, 0.1) is 5.69 Å². The molecule has 0 bridgehead atoms. The Morgan fingerprint density at radius 3 is 3.12 bits per heavy atom. The fraction of sp³-hybridized carbons (Fsp3) is 0.333. The van der Waals surface area contributed by atoms with Gasteiger partial charge in [-0.15, -0.1) is 0 Å². The lowest BCUT2D eigenvalue weighted by Crippen LogP contribution is -2.44. The fourth-order valence-electron chi connectivity index (χ4n) is 3.57. The number of hydrogen-bond acceptors (Lipinski definition) is 5. The first kappa shape index (κ1) is 15.0. The minimum atomic E-state index is 0.526. The molecule has 3 aromatic heterocycles. The number of nitrogens with zero attached hydrogens (tertiary/aromatic N) is 3. The van der Waals surface area contributed by atoms with E-state index in [0.717, 1.165) is 35.2 Å². The van der Waals surface area contributed by atoms with E-state index in [2.05, 4.69) is 31.2 Å². The summed E-state index contributed by atoms with van der Waals surface area (Å²) in [6.07, 6.45) is 9.80. The highest BCUT2D eigenvalue weighted by molar-refractivity contribution is 6.02. The first-order chi connectivity index (χ1) is 11.8. The molecule has 124 valence electrons. The summed E-state index contributed by atoms with van der Waals surface area (Å²) in [5.74, 6) is 0. The van der Waals surface area contributed by atoms with Crippen molar-refractivity contribution in [1.82, 2.24) is 20.3 Å². The van der Waals surface area contributed by atoms with Gasteiger partial charge >= 0.3 is 0 Å². The van der Waals surface area contributed by atoms with E-state index in [9.17, 15) is 0 Å². The van der Waals surface area contributed by atoms with Crippen LogP contribution in [0.15, 0.2) is 36.9 Å². The van der Waals surface area contributed by atoms with Crippen LogP contribution < -0.4 is 16.0 Å². The standard InChI is InChI=1S/C18H22N6/c1-20-14-3-2-6-24(11-14)16-4-5-22-18-17(16)15(10-23-18)12-7-13(19)9-21-8-12/h4-5,7-10,14,20H,2-3,6,11,19H2,1H3,(H,22,23)/t14-/m1/s1. The molecule has 0 spiro atoms. The summed E-state index contributed by atoms with van der Waals surface area (Å²) in [7, 11) is 2.04. The molecule has 4 heterocycles. The minimum Gasteiger partial charge on any atom is -0.397 e. The second-order valence-electron chi connectivity index (χ2n) is 6.34. The lowest BCUT2D eigenvalue weighted by Gasteiger charge is -2.34. The highest BCUT2D eigenvalue weighted by atomic mass is 15.2. The fourth-order valence-corrected chi connectivity index (χ4v) is 3.57. The molecule has 24 heavy (non-hydrogen) atoms. The maximum atomic E-state index is 5.92. The maximum Gasteiger partial charge on any atom is 0.139 e. The van der Waals surface area contributed by atoms with Crippen molar-refractivity contribution in [2.45, 2.75) is 18.9 Å². The Morgan fingerprint density at radius 2 is 2.29 bits per heavy atom. The van der Waals surface area contributed by atoms with E-state index < -0.39 is 0 Å². The van der Waals surface area contributed by atoms with Crippen LogP contribution in [0.2, 0.25) is 0 Å². The number of H-pyrrole nitrogens is 1. The topological polar surface area (TPSA) is 82.9 Å². The molecule has 1 fully saturated rings. The van der Waals surface area contributed by atoms with E-state index in [1.54, 1.807) is 6.20 Å². The van der Waals surface area contributed by atoms with E-state index in [1.165, 1.54) is 18.5 Å². The predicted molar refractivity (Wildman–Crippen MR) is 98.0 cm³/mol. The zero-order valence-corrected chi connectivity index (χ0v) is 13.8. The molecular weight excluding hydrogens is 300 g/mol. The first-order valence-electron chi connectivity index (χ1n) is 8.35. The van der Waals surface area contributed by atoms with Crippen molar-refractivity contribution in [2.24, 2.45) is 0 Å². The molecule has 3 aromatic rings. The first-order valence-corrected chi connectivity index (χ1v) is 8.35. The molecule has 0 radical (unpaired) electrons. The van der Waals surface area contributed by atoms with Gasteiger partial charge in [0.2, 0.25) is 0 Å². The minimum absolute atomic E-state index is 0.526. The monoisotopic (exact) mass is 322 g/mol. The summed E-state index contributed by atoms with van der Waals surface area (Å²) in [6.45, 7) is 2.08. The molecule has 4 rings (SSSR count). The molecule has 6 heteroatoms. The van der Waals surface area contributed by atoms with Crippen molar-refractivity contribution >= 4 is 22.4 Å². The van der Waals surface area contributed by atoms with Crippen molar-refractivity contribution in [3.8, 4) is 11.1 Å². The third-order valence-electron chi connectivity index (χ3n) is 4.79. The number of pyridine rings is 2. The Balaban J connectivity index is 1.83. The Labute approximate surface area is 141 Å². The van der Waals surface area contributed by atoms with Crippen molar-refractivity contribution in [3.05, 3.63) is 36.9 Å². The molecule has 0 unspecified atom stereocenters. The van der Waals surface area contributed by atoms with Crippen LogP contribution in [0.4, 0.5) is 11.4 Å². The number of nitrogens with two attached hydrogens (primary N) is 1. The zero-order valence-electron chi connectivity index (χ0n) is 13.8. The zero-order chi connectivity index (χ0) is 16.5. The van der Waals surface area contributed by atoms with Crippen molar-refractivity contribution in [3.63, 3.8) is 0 Å². The van der Waals surface area contributed by atoms with E-state index >= 15 is 0 Å². The van der Waals surface area contributed by atoms with Crippen LogP contribution in [-0.2, 0) is 0 Å². The molecule has 0 aliphatic carbocycles. The Kier molecular flexibility index (Phi) is 3.82. The maximum absolute atomic E-state index is 5.92. The van der Waals surface area contributed by atoms with Gasteiger partial charge in [0.15, 0.2) is 0 Å². The van der Waals surface area contributed by atoms with Crippen LogP contribution in [0.25, 0.3) is 22.2 Å². The molecule has 0 aromatic carbocycles. The molecule has 1 atom stereocenters. The second kappa shape index (κ2) is 6.13. The van der Waals surface area contributed by atoms with Crippen LogP contribution in [0.3, 0.4) is 0 Å². The summed E-state index contributed by atoms with van der Waals surface area (Å²) >= 11 is 0. The van der Waals surface area contributed by atoms with Gasteiger partial charge in [-0.25, -0.2) is 4.98 Å². The van der Waals surface area contributed by atoms with Gasteiger partial charge in [-0.2, -0.15) is 0 Å². The van der Waals surface area contributed by atoms with Crippen LogP contribution in [0, 0.1) is 0 Å². The van der Waals surface area contributed by atoms with Crippen LogP contribution in [0.5, 0.6) is 0 Å². The largest absolute Gasteiger partial charge is 0.397 e. The van der Waals surface area contributed by atoms with Gasteiger partial charge < -0.3 is 20.9 Å². The van der Waals surface area contributed by atoms with E-state index in [0.29, 0.717) is 11.7 Å². The normalized spacial score (nSPS) is 18.2. The van der Waals surface area contributed by atoms with Crippen molar-refractivity contribution in [1.29, 1.82) is 0 Å². The van der Waals surface area contributed by atoms with Gasteiger partial charge in [-0.1, -0.05) is 0 Å². The molecule has 1 aliphatic heterocycles. The Morgan fingerprint density at radius 1 is 1.38 bits per heavy atom. The number of hydrogen-bond donors (Lipinski definition) is 3. The van der Waals surface area contributed by atoms with Crippen LogP contribution in [0.1, 0.15) is 12.8 Å². The summed E-state index contributed by atoms with van der Waals surface area (Å²) < 4.78 is 0. The molecule has 1 aliphatic rings. The number of fused-ring (bicyclic) bond motifs is 1. The number of nitrogens with one attached hydrogen (secondary N) is 2. The highest BCUT2D eigenvalue weighted by Crippen LogP contribution is 2.36. The summed E-state index contributed by atoms with van der Waals surface area (Å²) in [4.78, 5) is 14.5. The lowest BCUT2D eigenvalue weighted by atomic mass is 10.0. The van der Waals surface area contributed by atoms with Gasteiger partial charge in [0.1, 0.15) is 5.65 Å². The van der Waals surface area contributed by atoms with Gasteiger partial charge in [-0.3, -0.25) is 4.98 Å². The number of rotatable bonds is 3. The molecule has 4 N–H and O–H groups in total. The predicted octanol–water partition coefficient (Wildman–Crippen LogP) is 2.40. The Bertz CT molecular complexity index is 856. The average molecular weight is 322 g/mol. The summed E-state index contributed by atoms with van der Waals surface area (Å²) in [5, 5.41) is 4.55. The van der Waals surface area contributed by atoms with E-state index in [4.69, 9.17) is 5.73 Å². The van der Waals surface area contributed by atoms with Gasteiger partial charge in [0.25, 0.3) is 0 Å². The second-order valence-corrected chi connectivity index (χ2v) is 6.34. The molecule has 6 nitrogen and oxygen atoms in total. The third kappa shape index (κ3) is 2.59. The number of likely N-dealkylation sites (N-methyl/N-ethyl adjacent to an activating group) is 1. The molecule has 0 saturated carbocycles. The molecule has 0 amide bonds. The van der Waals surface area contributed by atoms with Gasteiger partial charge in [-0.05, 0) is 32.0 Å². The quantitative estimate of drug-likeness (QED) is 0.690. The number of nitrogen functional groups attached to an aromatic ring is 1. The summed E-state index contributed by atoms with van der Waals surface area (Å²) in [5.41, 5.74) is 10.8. The number of aromatic amines is 1. The summed E-state index contributed by atoms with van der Waals surface area (Å²) in [6, 6.07) is 4.59. The van der Waals surface area contributed by atoms with Crippen molar-refractivity contribution < 1.29 is 0 Å². The van der Waals surface area contributed by atoms with Crippen molar-refractivity contribution in [2.75, 3.05) is 30.8 Å². The lowest BCUT2D eigenvalue weighted by molar-refractivity contribution is 0.450. The number of aromatic nitrogens is 3. The smallest absolute Gasteiger partial charge is 0.139 e. The Hall–Kier alpha value is -2.60. The molecular formula is C18H22N6. The number of piperidine rings is 1. The third-order valence-corrected chi connectivity index (χ3v) is 4.79. The van der Waals surface area contributed by atoms with E-state index in [1.807, 2.05) is 31.7 Å². The van der Waals surface area contributed by atoms with Gasteiger partial charge in [0, 0.05) is 66.1 Å². The SMILES string of the molecule is CN[C@@H]1CCCN(c2ccnc3[nH]cc(-c4cncc(N)c4)c23)C1. The van der Waals surface area contributed by atoms with Crippen LogP contribution in [-0.4, -0.2) is 41.1 Å². The average Bonchev–Trinajstić information content (AvgIpc) is 3.06. The van der Waals surface area contributed by atoms with Crippen LogP contribution >= 0.6 is 0 Å². The number of anilines is 2.